The Balaban J connectivity index is 2.20. The summed E-state index contributed by atoms with van der Waals surface area (Å²) in [4.78, 5) is 11.3. The second-order valence-corrected chi connectivity index (χ2v) is 6.14. The molecule has 1 aromatic rings. The molecule has 2 heterocycles. The lowest BCUT2D eigenvalue weighted by Gasteiger charge is -2.30. The first kappa shape index (κ1) is 12.3. The van der Waals surface area contributed by atoms with Crippen molar-refractivity contribution in [2.45, 2.75) is 24.8 Å². The van der Waals surface area contributed by atoms with Gasteiger partial charge in [-0.3, -0.25) is 9.89 Å². The number of H-pyrrole nitrogens is 1. The van der Waals surface area contributed by atoms with E-state index in [0.717, 1.165) is 12.8 Å². The van der Waals surface area contributed by atoms with Gasteiger partial charge in [-0.05, 0) is 25.8 Å². The molecule has 17 heavy (non-hydrogen) atoms. The molecule has 0 amide bonds. The number of hydrogen-bond acceptors (Lipinski definition) is 4. The molecule has 0 aromatic carbocycles. The average molecular weight is 257 g/mol. The van der Waals surface area contributed by atoms with Crippen molar-refractivity contribution < 1.29 is 13.2 Å². The summed E-state index contributed by atoms with van der Waals surface area (Å²) in [5.74, 6) is -0.129. The number of aromatic nitrogens is 2. The Labute approximate surface area is 100 Å². The fourth-order valence-electron chi connectivity index (χ4n) is 2.02. The van der Waals surface area contributed by atoms with E-state index in [2.05, 4.69) is 10.2 Å². The number of carbonyl (C=O) groups excluding carboxylic acids is 1. The predicted molar refractivity (Wildman–Crippen MR) is 60.8 cm³/mol. The van der Waals surface area contributed by atoms with Gasteiger partial charge in [0.2, 0.25) is 0 Å². The molecule has 1 aliphatic rings. The first-order valence-corrected chi connectivity index (χ1v) is 6.96. The Morgan fingerprint density at radius 1 is 1.59 bits per heavy atom. The van der Waals surface area contributed by atoms with Crippen LogP contribution in [-0.4, -0.2) is 41.8 Å². The van der Waals surface area contributed by atoms with Crippen LogP contribution in [-0.2, 0) is 14.8 Å². The third-order valence-corrected chi connectivity index (χ3v) is 4.85. The van der Waals surface area contributed by atoms with Crippen LogP contribution in [0.15, 0.2) is 17.3 Å². The number of sulfonamides is 1. The lowest BCUT2D eigenvalue weighted by Crippen LogP contribution is -2.41. The third-order valence-electron chi connectivity index (χ3n) is 3.05. The van der Waals surface area contributed by atoms with Crippen molar-refractivity contribution in [3.63, 3.8) is 0 Å². The summed E-state index contributed by atoms with van der Waals surface area (Å²) in [6, 6.07) is 1.42. The molecule has 0 aliphatic carbocycles. The Kier molecular flexibility index (Phi) is 3.30. The molecular formula is C10H15N3O3S. The summed E-state index contributed by atoms with van der Waals surface area (Å²) < 4.78 is 25.7. The molecule has 1 unspecified atom stereocenters. The van der Waals surface area contributed by atoms with E-state index in [1.54, 1.807) is 0 Å². The molecule has 0 spiro atoms. The van der Waals surface area contributed by atoms with Crippen LogP contribution in [0.25, 0.3) is 0 Å². The quantitative estimate of drug-likeness (QED) is 0.849. The zero-order valence-electron chi connectivity index (χ0n) is 9.59. The Hall–Kier alpha value is -1.21. The minimum atomic E-state index is -3.52. The molecule has 2 rings (SSSR count). The molecule has 0 bridgehead atoms. The fraction of sp³-hybridized carbons (Fsp3) is 0.600. The van der Waals surface area contributed by atoms with Crippen LogP contribution in [0.3, 0.4) is 0 Å². The molecule has 7 heteroatoms. The fourth-order valence-corrected chi connectivity index (χ4v) is 3.44. The first-order chi connectivity index (χ1) is 8.01. The van der Waals surface area contributed by atoms with Gasteiger partial charge in [-0.25, -0.2) is 8.42 Å². The Bertz CT molecular complexity index is 495. The highest BCUT2D eigenvalue weighted by Crippen LogP contribution is 2.22. The van der Waals surface area contributed by atoms with Gasteiger partial charge < -0.3 is 0 Å². The zero-order valence-corrected chi connectivity index (χ0v) is 10.4. The van der Waals surface area contributed by atoms with Crippen LogP contribution in [0, 0.1) is 5.92 Å². The van der Waals surface area contributed by atoms with Crippen LogP contribution in [0.1, 0.15) is 19.8 Å². The summed E-state index contributed by atoms with van der Waals surface area (Å²) in [6.45, 7) is 2.25. The normalized spacial score (nSPS) is 22.5. The zero-order chi connectivity index (χ0) is 12.5. The number of piperidine rings is 1. The lowest BCUT2D eigenvalue weighted by molar-refractivity contribution is -0.121. The van der Waals surface area contributed by atoms with Gasteiger partial charge in [-0.15, -0.1) is 0 Å². The maximum atomic E-state index is 12.2. The molecule has 1 aromatic heterocycles. The number of carbonyl (C=O) groups is 1. The average Bonchev–Trinajstić information content (AvgIpc) is 2.83. The Morgan fingerprint density at radius 3 is 2.94 bits per heavy atom. The molecule has 6 nitrogen and oxygen atoms in total. The largest absolute Gasteiger partial charge is 0.300 e. The van der Waals surface area contributed by atoms with Crippen molar-refractivity contribution in [1.82, 2.24) is 14.5 Å². The summed E-state index contributed by atoms with van der Waals surface area (Å²) >= 11 is 0. The lowest BCUT2D eigenvalue weighted by atomic mass is 9.96. The maximum Gasteiger partial charge on any atom is 0.259 e. The number of nitrogens with one attached hydrogen (secondary N) is 1. The molecule has 1 fully saturated rings. The van der Waals surface area contributed by atoms with Crippen LogP contribution >= 0.6 is 0 Å². The molecule has 1 atom stereocenters. The van der Waals surface area contributed by atoms with E-state index in [4.69, 9.17) is 0 Å². The number of hydrogen-bond donors (Lipinski definition) is 1. The van der Waals surface area contributed by atoms with Crippen LogP contribution in [0.5, 0.6) is 0 Å². The van der Waals surface area contributed by atoms with Crippen molar-refractivity contribution in [2.24, 2.45) is 5.92 Å². The van der Waals surface area contributed by atoms with Gasteiger partial charge in [0, 0.05) is 19.0 Å². The number of nitrogens with zero attached hydrogens (tertiary/aromatic N) is 2. The maximum absolute atomic E-state index is 12.2. The third kappa shape index (κ3) is 2.39. The molecule has 0 saturated carbocycles. The van der Waals surface area contributed by atoms with Gasteiger partial charge in [-0.1, -0.05) is 0 Å². The monoisotopic (exact) mass is 257 g/mol. The summed E-state index contributed by atoms with van der Waals surface area (Å²) in [6.07, 6.45) is 2.89. The molecule has 1 aliphatic heterocycles. The van der Waals surface area contributed by atoms with Gasteiger partial charge in [0.15, 0.2) is 5.03 Å². The smallest absolute Gasteiger partial charge is 0.259 e. The SMILES string of the molecule is CC(=O)C1CCCN(S(=O)(=O)c2ccn[nH]2)C1. The highest BCUT2D eigenvalue weighted by Gasteiger charge is 2.32. The number of aromatic amines is 1. The van der Waals surface area contributed by atoms with Crippen molar-refractivity contribution in [3.05, 3.63) is 12.3 Å². The number of Topliss-reactive ketones (excluding diaryl/α,β-unsaturated/α-hetero) is 1. The van der Waals surface area contributed by atoms with Crippen LogP contribution in [0.4, 0.5) is 0 Å². The number of rotatable bonds is 3. The van der Waals surface area contributed by atoms with Crippen molar-refractivity contribution in [3.8, 4) is 0 Å². The van der Waals surface area contributed by atoms with Gasteiger partial charge >= 0.3 is 0 Å². The van der Waals surface area contributed by atoms with Gasteiger partial charge in [0.25, 0.3) is 10.0 Å². The van der Waals surface area contributed by atoms with Gasteiger partial charge in [-0.2, -0.15) is 9.40 Å². The van der Waals surface area contributed by atoms with E-state index in [0.29, 0.717) is 6.54 Å². The van der Waals surface area contributed by atoms with E-state index in [1.165, 1.54) is 23.5 Å². The molecule has 1 saturated heterocycles. The summed E-state index contributed by atoms with van der Waals surface area (Å²) in [5, 5.41) is 6.18. The summed E-state index contributed by atoms with van der Waals surface area (Å²) in [5.41, 5.74) is 0. The predicted octanol–water partition coefficient (Wildman–Crippen LogP) is 0.399. The van der Waals surface area contributed by atoms with E-state index in [1.807, 2.05) is 0 Å². The number of ketones is 1. The minimum Gasteiger partial charge on any atom is -0.300 e. The van der Waals surface area contributed by atoms with Gasteiger partial charge in [0.05, 0.1) is 6.20 Å². The minimum absolute atomic E-state index is 0.0505. The topological polar surface area (TPSA) is 83.1 Å². The highest BCUT2D eigenvalue weighted by molar-refractivity contribution is 7.89. The molecule has 1 N–H and O–H groups in total. The molecule has 94 valence electrons. The Morgan fingerprint density at radius 2 is 2.35 bits per heavy atom. The molecular weight excluding hydrogens is 242 g/mol. The van der Waals surface area contributed by atoms with Crippen LogP contribution < -0.4 is 0 Å². The summed E-state index contributed by atoms with van der Waals surface area (Å²) in [7, 11) is -3.52. The van der Waals surface area contributed by atoms with E-state index >= 15 is 0 Å². The van der Waals surface area contributed by atoms with Gasteiger partial charge in [0.1, 0.15) is 5.78 Å². The highest BCUT2D eigenvalue weighted by atomic mass is 32.2. The first-order valence-electron chi connectivity index (χ1n) is 5.52. The van der Waals surface area contributed by atoms with E-state index < -0.39 is 10.0 Å². The second-order valence-electron chi connectivity index (χ2n) is 4.23. The second kappa shape index (κ2) is 4.58. The molecule has 0 radical (unpaired) electrons. The van der Waals surface area contributed by atoms with Crippen LogP contribution in [0.2, 0.25) is 0 Å². The van der Waals surface area contributed by atoms with E-state index in [-0.39, 0.29) is 23.3 Å². The van der Waals surface area contributed by atoms with Crippen molar-refractivity contribution in [1.29, 1.82) is 0 Å². The van der Waals surface area contributed by atoms with Crippen molar-refractivity contribution >= 4 is 15.8 Å². The standard InChI is InChI=1S/C10H15N3O3S/c1-8(14)9-3-2-6-13(7-9)17(15,16)10-4-5-11-12-10/h4-5,9H,2-3,6-7H2,1H3,(H,11,12). The van der Waals surface area contributed by atoms with E-state index in [9.17, 15) is 13.2 Å². The van der Waals surface area contributed by atoms with Crippen molar-refractivity contribution in [2.75, 3.05) is 13.1 Å².